The Morgan fingerprint density at radius 1 is 0.907 bits per heavy atom. The molecule has 2 aromatic carbocycles. The van der Waals surface area contributed by atoms with E-state index in [-0.39, 0.29) is 30.7 Å². The maximum atomic E-state index is 13.6. The first-order chi connectivity index (χ1) is 20.3. The number of benzene rings is 2. The second-order valence-corrected chi connectivity index (χ2v) is 11.8. The van der Waals surface area contributed by atoms with Crippen molar-refractivity contribution in [2.45, 2.75) is 58.0 Å². The number of alkyl halides is 6. The standard InChI is InChI=1S/C29H30BrF6N7/c1-3-42(15-18-6-4-5-7-18)26-21(12-20-8-9-24(30)14-25(20)37-26)17-43(27-38-40-41(2)39-27)16-19-10-22(28(31,32)33)13-23(11-19)29(34,35)36/h8-14,18H,3-7,15-17H2,1-2H3. The second-order valence-electron chi connectivity index (χ2n) is 10.8. The third kappa shape index (κ3) is 7.39. The lowest BCUT2D eigenvalue weighted by atomic mass is 10.0. The van der Waals surface area contributed by atoms with Crippen LogP contribution in [-0.2, 0) is 32.5 Å². The molecule has 43 heavy (non-hydrogen) atoms. The van der Waals surface area contributed by atoms with Crippen LogP contribution >= 0.6 is 15.9 Å². The van der Waals surface area contributed by atoms with Crippen molar-refractivity contribution >= 4 is 38.6 Å². The van der Waals surface area contributed by atoms with Crippen molar-refractivity contribution in [1.82, 2.24) is 25.2 Å². The van der Waals surface area contributed by atoms with Crippen molar-refractivity contribution in [3.05, 3.63) is 69.2 Å². The predicted molar refractivity (Wildman–Crippen MR) is 154 cm³/mol. The summed E-state index contributed by atoms with van der Waals surface area (Å²) in [6.07, 6.45) is -5.32. The topological polar surface area (TPSA) is 63.0 Å². The highest BCUT2D eigenvalue weighted by Gasteiger charge is 2.37. The molecule has 1 fully saturated rings. The Kier molecular flexibility index (Phi) is 8.87. The molecule has 1 saturated carbocycles. The van der Waals surface area contributed by atoms with Crippen LogP contribution in [0.1, 0.15) is 54.9 Å². The van der Waals surface area contributed by atoms with Crippen molar-refractivity contribution < 1.29 is 26.3 Å². The fourth-order valence-corrected chi connectivity index (χ4v) is 5.92. The molecule has 0 unspecified atom stereocenters. The van der Waals surface area contributed by atoms with Gasteiger partial charge in [-0.05, 0) is 72.9 Å². The van der Waals surface area contributed by atoms with Gasteiger partial charge in [-0.1, -0.05) is 39.9 Å². The minimum absolute atomic E-state index is 0.0640. The lowest BCUT2D eigenvalue weighted by Crippen LogP contribution is -2.32. The highest BCUT2D eigenvalue weighted by molar-refractivity contribution is 9.10. The highest BCUT2D eigenvalue weighted by atomic mass is 79.9. The maximum absolute atomic E-state index is 13.6. The summed E-state index contributed by atoms with van der Waals surface area (Å²) in [5, 5.41) is 13.0. The summed E-state index contributed by atoms with van der Waals surface area (Å²) in [5.41, 5.74) is -1.44. The van der Waals surface area contributed by atoms with Gasteiger partial charge in [0.05, 0.1) is 23.7 Å². The molecular weight excluding hydrogens is 640 g/mol. The van der Waals surface area contributed by atoms with Gasteiger partial charge in [-0.3, -0.25) is 0 Å². The van der Waals surface area contributed by atoms with E-state index in [1.165, 1.54) is 29.6 Å². The molecular formula is C29H30BrF6N7. The number of fused-ring (bicyclic) bond motifs is 1. The van der Waals surface area contributed by atoms with Gasteiger partial charge in [-0.15, -0.1) is 5.10 Å². The van der Waals surface area contributed by atoms with E-state index >= 15 is 0 Å². The summed E-state index contributed by atoms with van der Waals surface area (Å²) in [6, 6.07) is 9.24. The van der Waals surface area contributed by atoms with Crippen LogP contribution in [0.3, 0.4) is 0 Å². The van der Waals surface area contributed by atoms with E-state index in [0.717, 1.165) is 52.5 Å². The third-order valence-electron chi connectivity index (χ3n) is 7.63. The van der Waals surface area contributed by atoms with E-state index in [0.29, 0.717) is 18.3 Å². The van der Waals surface area contributed by atoms with E-state index in [9.17, 15) is 26.3 Å². The number of nitrogens with zero attached hydrogens (tertiary/aromatic N) is 7. The smallest absolute Gasteiger partial charge is 0.356 e. The number of rotatable bonds is 9. The molecule has 0 saturated heterocycles. The first-order valence-corrected chi connectivity index (χ1v) is 14.7. The monoisotopic (exact) mass is 669 g/mol. The molecule has 230 valence electrons. The number of anilines is 2. The van der Waals surface area contributed by atoms with E-state index in [1.54, 1.807) is 0 Å². The summed E-state index contributed by atoms with van der Waals surface area (Å²) >= 11 is 3.50. The van der Waals surface area contributed by atoms with Crippen molar-refractivity contribution in [3.8, 4) is 0 Å². The Morgan fingerprint density at radius 2 is 1.58 bits per heavy atom. The van der Waals surface area contributed by atoms with Crippen molar-refractivity contribution in [1.29, 1.82) is 0 Å². The minimum Gasteiger partial charge on any atom is -0.356 e. The number of hydrogen-bond donors (Lipinski definition) is 0. The molecule has 5 rings (SSSR count). The normalized spacial score (nSPS) is 14.5. The largest absolute Gasteiger partial charge is 0.416 e. The van der Waals surface area contributed by atoms with E-state index in [2.05, 4.69) is 36.2 Å². The molecule has 2 heterocycles. The maximum Gasteiger partial charge on any atom is 0.416 e. The number of pyridine rings is 1. The van der Waals surface area contributed by atoms with Crippen molar-refractivity contribution in [2.24, 2.45) is 13.0 Å². The summed E-state index contributed by atoms with van der Waals surface area (Å²) in [6.45, 7) is 3.24. The number of aryl methyl sites for hydroxylation is 1. The van der Waals surface area contributed by atoms with Gasteiger partial charge in [0.2, 0.25) is 0 Å². The number of tetrazole rings is 1. The number of halogens is 7. The fourth-order valence-electron chi connectivity index (χ4n) is 5.57. The van der Waals surface area contributed by atoms with Gasteiger partial charge in [-0.2, -0.15) is 31.1 Å². The molecule has 0 bridgehead atoms. The molecule has 7 nitrogen and oxygen atoms in total. The molecule has 0 N–H and O–H groups in total. The second kappa shape index (κ2) is 12.3. The lowest BCUT2D eigenvalue weighted by Gasteiger charge is -2.30. The number of aromatic nitrogens is 5. The molecule has 1 aliphatic carbocycles. The van der Waals surface area contributed by atoms with Crippen LogP contribution in [0, 0.1) is 5.92 Å². The third-order valence-corrected chi connectivity index (χ3v) is 8.13. The Morgan fingerprint density at radius 3 is 2.16 bits per heavy atom. The summed E-state index contributed by atoms with van der Waals surface area (Å²) in [5.74, 6) is 1.28. The van der Waals surface area contributed by atoms with Gasteiger partial charge in [0.1, 0.15) is 5.82 Å². The molecule has 14 heteroatoms. The van der Waals surface area contributed by atoms with Crippen LogP contribution in [0.2, 0.25) is 0 Å². The first kappa shape index (κ1) is 31.0. The summed E-state index contributed by atoms with van der Waals surface area (Å²) in [4.78, 5) is 9.92. The summed E-state index contributed by atoms with van der Waals surface area (Å²) < 4.78 is 82.7. The lowest BCUT2D eigenvalue weighted by molar-refractivity contribution is -0.143. The van der Waals surface area contributed by atoms with Crippen LogP contribution in [0.4, 0.5) is 38.1 Å². The molecule has 0 atom stereocenters. The van der Waals surface area contributed by atoms with Gasteiger partial charge in [-0.25, -0.2) is 4.98 Å². The highest BCUT2D eigenvalue weighted by Crippen LogP contribution is 2.37. The fraction of sp³-hybridized carbons (Fsp3) is 0.448. The Hall–Kier alpha value is -3.42. The van der Waals surface area contributed by atoms with Crippen molar-refractivity contribution in [3.63, 3.8) is 0 Å². The molecule has 0 spiro atoms. The van der Waals surface area contributed by atoms with E-state index < -0.39 is 23.5 Å². The molecule has 0 aliphatic heterocycles. The Bertz CT molecular complexity index is 1550. The van der Waals surface area contributed by atoms with Crippen LogP contribution in [0.5, 0.6) is 0 Å². The van der Waals surface area contributed by atoms with Gasteiger partial charge >= 0.3 is 12.4 Å². The Labute approximate surface area is 253 Å². The predicted octanol–water partition coefficient (Wildman–Crippen LogP) is 7.78. The molecule has 4 aromatic rings. The van der Waals surface area contributed by atoms with Gasteiger partial charge in [0, 0.05) is 41.6 Å². The van der Waals surface area contributed by atoms with E-state index in [4.69, 9.17) is 4.98 Å². The van der Waals surface area contributed by atoms with Crippen molar-refractivity contribution in [2.75, 3.05) is 22.9 Å². The molecule has 1 aliphatic rings. The average molecular weight is 671 g/mol. The van der Waals surface area contributed by atoms with Gasteiger partial charge < -0.3 is 9.80 Å². The number of hydrogen-bond acceptors (Lipinski definition) is 6. The SMILES string of the molecule is CCN(CC1CCCC1)c1nc2cc(Br)ccc2cc1CN(Cc1cc(C(F)(F)F)cc(C(F)(F)F)c1)c1nnn(C)n1. The Balaban J connectivity index is 1.59. The van der Waals surface area contributed by atoms with Crippen LogP contribution in [-0.4, -0.2) is 38.3 Å². The van der Waals surface area contributed by atoms with Gasteiger partial charge in [0.15, 0.2) is 0 Å². The quantitative estimate of drug-likeness (QED) is 0.170. The van der Waals surface area contributed by atoms with Crippen LogP contribution in [0.15, 0.2) is 46.9 Å². The average Bonchev–Trinajstić information content (AvgIpc) is 3.62. The molecule has 2 aromatic heterocycles. The zero-order chi connectivity index (χ0) is 30.9. The zero-order valence-corrected chi connectivity index (χ0v) is 25.1. The molecule has 0 amide bonds. The minimum atomic E-state index is -4.96. The first-order valence-electron chi connectivity index (χ1n) is 13.9. The van der Waals surface area contributed by atoms with Crippen LogP contribution in [0.25, 0.3) is 10.9 Å². The van der Waals surface area contributed by atoms with Gasteiger partial charge in [0.25, 0.3) is 5.95 Å². The van der Waals surface area contributed by atoms with E-state index in [1.807, 2.05) is 31.2 Å². The summed E-state index contributed by atoms with van der Waals surface area (Å²) in [7, 11) is 1.53. The van der Waals surface area contributed by atoms with Crippen LogP contribution < -0.4 is 9.80 Å². The zero-order valence-electron chi connectivity index (χ0n) is 23.6. The molecule has 0 radical (unpaired) electrons.